The minimum Gasteiger partial charge on any atom is -0.388 e. The molecule has 1 atom stereocenters. The van der Waals surface area contributed by atoms with Gasteiger partial charge in [-0.2, -0.15) is 13.2 Å². The summed E-state index contributed by atoms with van der Waals surface area (Å²) < 4.78 is 36.7. The van der Waals surface area contributed by atoms with Crippen LogP contribution in [0.5, 0.6) is 0 Å². The van der Waals surface area contributed by atoms with Gasteiger partial charge in [-0.3, -0.25) is 0 Å². The van der Waals surface area contributed by atoms with Crippen molar-refractivity contribution in [2.45, 2.75) is 25.6 Å². The standard InChI is InChI=1S/C12H13F3O/c1-8(2)11(16)7-9-3-5-10(6-4-9)12(13,14)15/h3-6,11,16H,1,7H2,2H3. The van der Waals surface area contributed by atoms with E-state index in [1.165, 1.54) is 12.1 Å². The van der Waals surface area contributed by atoms with E-state index in [9.17, 15) is 18.3 Å². The molecule has 0 aromatic heterocycles. The molecule has 0 fully saturated rings. The SMILES string of the molecule is C=C(C)C(O)Cc1ccc(C(F)(F)F)cc1. The van der Waals surface area contributed by atoms with Gasteiger partial charge < -0.3 is 5.11 Å². The first-order valence-electron chi connectivity index (χ1n) is 4.80. The molecule has 0 aliphatic rings. The van der Waals surface area contributed by atoms with Crippen molar-refractivity contribution in [3.05, 3.63) is 47.5 Å². The Kier molecular flexibility index (Phi) is 3.75. The molecule has 0 spiro atoms. The van der Waals surface area contributed by atoms with Crippen LogP contribution in [0, 0.1) is 0 Å². The van der Waals surface area contributed by atoms with Gasteiger partial charge in [0.2, 0.25) is 0 Å². The maximum Gasteiger partial charge on any atom is 0.416 e. The third kappa shape index (κ3) is 3.38. The normalized spacial score (nSPS) is 13.6. The second-order valence-corrected chi connectivity index (χ2v) is 3.76. The largest absolute Gasteiger partial charge is 0.416 e. The summed E-state index contributed by atoms with van der Waals surface area (Å²) in [5.41, 5.74) is 0.574. The molecule has 1 aromatic rings. The van der Waals surface area contributed by atoms with Gasteiger partial charge in [-0.25, -0.2) is 0 Å². The first-order chi connectivity index (χ1) is 7.30. The smallest absolute Gasteiger partial charge is 0.388 e. The zero-order chi connectivity index (χ0) is 12.3. The second-order valence-electron chi connectivity index (χ2n) is 3.76. The summed E-state index contributed by atoms with van der Waals surface area (Å²) >= 11 is 0. The predicted molar refractivity (Wildman–Crippen MR) is 56.0 cm³/mol. The van der Waals surface area contributed by atoms with E-state index in [4.69, 9.17) is 0 Å². The summed E-state index contributed by atoms with van der Waals surface area (Å²) in [7, 11) is 0. The van der Waals surface area contributed by atoms with Gasteiger partial charge in [-0.15, -0.1) is 0 Å². The molecule has 0 aliphatic heterocycles. The van der Waals surface area contributed by atoms with Gasteiger partial charge in [0.25, 0.3) is 0 Å². The van der Waals surface area contributed by atoms with E-state index in [1.807, 2.05) is 0 Å². The lowest BCUT2D eigenvalue weighted by molar-refractivity contribution is -0.137. The molecule has 0 radical (unpaired) electrons. The van der Waals surface area contributed by atoms with Gasteiger partial charge in [-0.1, -0.05) is 24.3 Å². The highest BCUT2D eigenvalue weighted by atomic mass is 19.4. The molecule has 1 nitrogen and oxygen atoms in total. The molecule has 1 aromatic carbocycles. The number of hydrogen-bond acceptors (Lipinski definition) is 1. The number of aliphatic hydroxyl groups is 1. The van der Waals surface area contributed by atoms with Crippen molar-refractivity contribution >= 4 is 0 Å². The number of alkyl halides is 3. The maximum atomic E-state index is 12.2. The molecule has 0 aliphatic carbocycles. The van der Waals surface area contributed by atoms with Crippen LogP contribution in [0.4, 0.5) is 13.2 Å². The summed E-state index contributed by atoms with van der Waals surface area (Å²) in [5, 5.41) is 9.49. The monoisotopic (exact) mass is 230 g/mol. The molecule has 4 heteroatoms. The van der Waals surface area contributed by atoms with E-state index >= 15 is 0 Å². The second kappa shape index (κ2) is 4.70. The molecule has 0 heterocycles. The lowest BCUT2D eigenvalue weighted by Gasteiger charge is -2.11. The molecule has 1 N–H and O–H groups in total. The minimum absolute atomic E-state index is 0.285. The van der Waals surface area contributed by atoms with E-state index in [-0.39, 0.29) is 6.42 Å². The molecule has 0 saturated carbocycles. The fourth-order valence-electron chi connectivity index (χ4n) is 1.23. The number of hydrogen-bond donors (Lipinski definition) is 1. The Bertz CT molecular complexity index is 365. The summed E-state index contributed by atoms with van der Waals surface area (Å²) in [6.07, 6.45) is -4.74. The average Bonchev–Trinajstić information content (AvgIpc) is 2.17. The van der Waals surface area contributed by atoms with E-state index < -0.39 is 17.8 Å². The van der Waals surface area contributed by atoms with E-state index in [0.717, 1.165) is 12.1 Å². The van der Waals surface area contributed by atoms with E-state index in [0.29, 0.717) is 11.1 Å². The zero-order valence-corrected chi connectivity index (χ0v) is 8.88. The fourth-order valence-corrected chi connectivity index (χ4v) is 1.23. The number of benzene rings is 1. The van der Waals surface area contributed by atoms with Gasteiger partial charge in [0, 0.05) is 6.42 Å². The number of rotatable bonds is 3. The Hall–Kier alpha value is -1.29. The van der Waals surface area contributed by atoms with Crippen molar-refractivity contribution in [1.82, 2.24) is 0 Å². The lowest BCUT2D eigenvalue weighted by atomic mass is 10.0. The van der Waals surface area contributed by atoms with Crippen molar-refractivity contribution in [2.24, 2.45) is 0 Å². The van der Waals surface area contributed by atoms with Gasteiger partial charge in [-0.05, 0) is 24.6 Å². The highest BCUT2D eigenvalue weighted by Crippen LogP contribution is 2.29. The van der Waals surface area contributed by atoms with Crippen molar-refractivity contribution in [3.63, 3.8) is 0 Å². The van der Waals surface area contributed by atoms with Crippen LogP contribution >= 0.6 is 0 Å². The molecular weight excluding hydrogens is 217 g/mol. The molecule has 1 unspecified atom stereocenters. The third-order valence-corrected chi connectivity index (χ3v) is 2.28. The molecule has 1 rings (SSSR count). The van der Waals surface area contributed by atoms with Gasteiger partial charge in [0.15, 0.2) is 0 Å². The molecular formula is C12H13F3O. The Balaban J connectivity index is 2.76. The van der Waals surface area contributed by atoms with E-state index in [1.54, 1.807) is 6.92 Å². The zero-order valence-electron chi connectivity index (χ0n) is 8.88. The van der Waals surface area contributed by atoms with Crippen molar-refractivity contribution in [1.29, 1.82) is 0 Å². The highest BCUT2D eigenvalue weighted by Gasteiger charge is 2.29. The first-order valence-corrected chi connectivity index (χ1v) is 4.80. The van der Waals surface area contributed by atoms with Crippen LogP contribution in [0.25, 0.3) is 0 Å². The summed E-state index contributed by atoms with van der Waals surface area (Å²) in [5.74, 6) is 0. The molecule has 0 saturated heterocycles. The van der Waals surface area contributed by atoms with E-state index in [2.05, 4.69) is 6.58 Å². The van der Waals surface area contributed by atoms with Crippen molar-refractivity contribution in [2.75, 3.05) is 0 Å². The van der Waals surface area contributed by atoms with Crippen LogP contribution in [0.3, 0.4) is 0 Å². The minimum atomic E-state index is -4.31. The Morgan fingerprint density at radius 1 is 1.31 bits per heavy atom. The van der Waals surface area contributed by atoms with Gasteiger partial charge >= 0.3 is 6.18 Å². The van der Waals surface area contributed by atoms with Crippen LogP contribution in [0.15, 0.2) is 36.4 Å². The highest BCUT2D eigenvalue weighted by molar-refractivity contribution is 5.25. The van der Waals surface area contributed by atoms with Crippen LogP contribution in [0.2, 0.25) is 0 Å². The van der Waals surface area contributed by atoms with Gasteiger partial charge in [0.1, 0.15) is 0 Å². The van der Waals surface area contributed by atoms with Crippen LogP contribution in [0.1, 0.15) is 18.1 Å². The molecule has 0 amide bonds. The number of aliphatic hydroxyl groups excluding tert-OH is 1. The van der Waals surface area contributed by atoms with Crippen LogP contribution in [-0.4, -0.2) is 11.2 Å². The third-order valence-electron chi connectivity index (χ3n) is 2.28. The quantitative estimate of drug-likeness (QED) is 0.791. The topological polar surface area (TPSA) is 20.2 Å². The van der Waals surface area contributed by atoms with Crippen molar-refractivity contribution < 1.29 is 18.3 Å². The number of halogens is 3. The van der Waals surface area contributed by atoms with Crippen LogP contribution < -0.4 is 0 Å². The Labute approximate surface area is 92.2 Å². The molecule has 0 bridgehead atoms. The molecule has 88 valence electrons. The Morgan fingerprint density at radius 3 is 2.19 bits per heavy atom. The van der Waals surface area contributed by atoms with Crippen molar-refractivity contribution in [3.8, 4) is 0 Å². The average molecular weight is 230 g/mol. The fraction of sp³-hybridized carbons (Fsp3) is 0.333. The Morgan fingerprint density at radius 2 is 1.81 bits per heavy atom. The van der Waals surface area contributed by atoms with Crippen LogP contribution in [-0.2, 0) is 12.6 Å². The summed E-state index contributed by atoms with van der Waals surface area (Å²) in [6, 6.07) is 4.77. The maximum absolute atomic E-state index is 12.2. The predicted octanol–water partition coefficient (Wildman–Crippen LogP) is 3.18. The summed E-state index contributed by atoms with van der Waals surface area (Å²) in [6.45, 7) is 5.25. The van der Waals surface area contributed by atoms with Gasteiger partial charge in [0.05, 0.1) is 11.7 Å². The first kappa shape index (κ1) is 12.8. The summed E-state index contributed by atoms with van der Waals surface area (Å²) in [4.78, 5) is 0. The lowest BCUT2D eigenvalue weighted by Crippen LogP contribution is -2.11. The molecule has 16 heavy (non-hydrogen) atoms.